The van der Waals surface area contributed by atoms with Crippen LogP contribution in [0.4, 0.5) is 0 Å². The Bertz CT molecular complexity index is 676. The van der Waals surface area contributed by atoms with Crippen molar-refractivity contribution in [2.24, 2.45) is 0 Å². The number of carboxylic acid groups (broad SMARTS) is 1. The Labute approximate surface area is 136 Å². The maximum Gasteiger partial charge on any atom is 0.339 e. The average Bonchev–Trinajstić information content (AvgIpc) is 2.82. The molecule has 1 heterocycles. The molecule has 126 valence electrons. The number of carboxylic acids is 1. The van der Waals surface area contributed by atoms with E-state index in [2.05, 4.69) is 0 Å². The summed E-state index contributed by atoms with van der Waals surface area (Å²) in [6, 6.07) is 0. The summed E-state index contributed by atoms with van der Waals surface area (Å²) in [4.78, 5) is 11.5. The Morgan fingerprint density at radius 2 is 2.00 bits per heavy atom. The quantitative estimate of drug-likeness (QED) is 0.742. The molecular weight excluding hydrogens is 296 g/mol. The molecule has 23 heavy (non-hydrogen) atoms. The summed E-state index contributed by atoms with van der Waals surface area (Å²) in [6.45, 7) is 8.86. The Hall–Kier alpha value is -2.01. The summed E-state index contributed by atoms with van der Waals surface area (Å²) in [5, 5.41) is 30.1. The lowest BCUT2D eigenvalue weighted by Gasteiger charge is -2.25. The highest BCUT2D eigenvalue weighted by atomic mass is 16.5. The van der Waals surface area contributed by atoms with Crippen molar-refractivity contribution in [2.45, 2.75) is 59.2 Å². The van der Waals surface area contributed by atoms with Crippen LogP contribution in [0.25, 0.3) is 0 Å². The number of hydrogen-bond donors (Lipinski definition) is 3. The van der Waals surface area contributed by atoms with Gasteiger partial charge in [0.1, 0.15) is 23.2 Å². The summed E-state index contributed by atoms with van der Waals surface area (Å²) in [6.07, 6.45) is 2.25. The second kappa shape index (κ2) is 5.89. The first-order valence-corrected chi connectivity index (χ1v) is 7.67. The molecule has 0 saturated carbocycles. The molecule has 2 rings (SSSR count). The molecule has 1 aliphatic heterocycles. The van der Waals surface area contributed by atoms with Crippen molar-refractivity contribution < 1.29 is 24.9 Å². The number of ether oxygens (including phenoxy) is 1. The highest BCUT2D eigenvalue weighted by Crippen LogP contribution is 2.45. The number of aromatic hydroxyl groups is 1. The molecule has 0 radical (unpaired) electrons. The zero-order valence-corrected chi connectivity index (χ0v) is 14.2. The third-order valence-electron chi connectivity index (χ3n) is 4.26. The second-order valence-electron chi connectivity index (χ2n) is 6.89. The van der Waals surface area contributed by atoms with E-state index in [1.54, 1.807) is 20.8 Å². The first-order valence-electron chi connectivity index (χ1n) is 7.67. The van der Waals surface area contributed by atoms with E-state index in [-0.39, 0.29) is 11.3 Å². The lowest BCUT2D eigenvalue weighted by Crippen LogP contribution is -2.39. The third kappa shape index (κ3) is 3.20. The van der Waals surface area contributed by atoms with Crippen molar-refractivity contribution in [2.75, 3.05) is 0 Å². The van der Waals surface area contributed by atoms with Crippen LogP contribution < -0.4 is 4.74 Å². The van der Waals surface area contributed by atoms with E-state index < -0.39 is 17.7 Å². The summed E-state index contributed by atoms with van der Waals surface area (Å²) in [5.41, 5.74) is 1.64. The zero-order chi connectivity index (χ0) is 17.5. The summed E-state index contributed by atoms with van der Waals surface area (Å²) in [5.74, 6) is -0.898. The van der Waals surface area contributed by atoms with Crippen LogP contribution in [0.15, 0.2) is 11.6 Å². The minimum absolute atomic E-state index is 0.0825. The van der Waals surface area contributed by atoms with Gasteiger partial charge in [0.05, 0.1) is 5.60 Å². The van der Waals surface area contributed by atoms with E-state index in [4.69, 9.17) is 4.74 Å². The van der Waals surface area contributed by atoms with Gasteiger partial charge in [-0.15, -0.1) is 0 Å². The van der Waals surface area contributed by atoms with Crippen LogP contribution in [0, 0.1) is 6.92 Å². The fourth-order valence-electron chi connectivity index (χ4n) is 2.85. The summed E-state index contributed by atoms with van der Waals surface area (Å²) < 4.78 is 5.90. The molecule has 1 aromatic carbocycles. The van der Waals surface area contributed by atoms with Crippen molar-refractivity contribution in [3.63, 3.8) is 0 Å². The molecule has 0 aliphatic carbocycles. The normalized spacial score (nSPS) is 16.7. The minimum Gasteiger partial charge on any atom is -0.507 e. The van der Waals surface area contributed by atoms with Gasteiger partial charge in [0.25, 0.3) is 0 Å². The monoisotopic (exact) mass is 320 g/mol. The van der Waals surface area contributed by atoms with Crippen LogP contribution in [0.3, 0.4) is 0 Å². The lowest BCUT2D eigenvalue weighted by molar-refractivity contribution is -0.0232. The maximum absolute atomic E-state index is 11.5. The van der Waals surface area contributed by atoms with Crippen LogP contribution in [0.5, 0.6) is 11.5 Å². The largest absolute Gasteiger partial charge is 0.507 e. The number of aliphatic hydroxyl groups is 1. The van der Waals surface area contributed by atoms with Crippen molar-refractivity contribution in [3.05, 3.63) is 33.9 Å². The average molecular weight is 320 g/mol. The number of benzene rings is 1. The van der Waals surface area contributed by atoms with Gasteiger partial charge < -0.3 is 20.1 Å². The molecular formula is C18H24O5. The van der Waals surface area contributed by atoms with Crippen molar-refractivity contribution in [1.82, 2.24) is 0 Å². The standard InChI is InChI=1S/C18H24O5/c1-9(2)6-7-11-15(19)14(17(20)21)10(3)12-8-13(18(4,5)22)23-16(11)12/h6,13,19,22H,7-8H2,1-5H3,(H,20,21). The fourth-order valence-corrected chi connectivity index (χ4v) is 2.85. The van der Waals surface area contributed by atoms with Crippen LogP contribution in [0.2, 0.25) is 0 Å². The lowest BCUT2D eigenvalue weighted by atomic mass is 9.90. The van der Waals surface area contributed by atoms with E-state index in [9.17, 15) is 20.1 Å². The van der Waals surface area contributed by atoms with E-state index in [1.165, 1.54) is 0 Å². The van der Waals surface area contributed by atoms with Gasteiger partial charge in [-0.05, 0) is 46.6 Å². The van der Waals surface area contributed by atoms with Gasteiger partial charge in [-0.3, -0.25) is 0 Å². The first kappa shape index (κ1) is 17.3. The van der Waals surface area contributed by atoms with Crippen LogP contribution in [-0.2, 0) is 12.8 Å². The zero-order valence-electron chi connectivity index (χ0n) is 14.2. The molecule has 0 fully saturated rings. The van der Waals surface area contributed by atoms with Crippen molar-refractivity contribution >= 4 is 5.97 Å². The molecule has 0 aromatic heterocycles. The first-order chi connectivity index (χ1) is 10.5. The van der Waals surface area contributed by atoms with E-state index in [0.29, 0.717) is 29.7 Å². The molecule has 0 saturated heterocycles. The number of fused-ring (bicyclic) bond motifs is 1. The molecule has 1 aromatic rings. The summed E-state index contributed by atoms with van der Waals surface area (Å²) >= 11 is 0. The maximum atomic E-state index is 11.5. The molecule has 0 bridgehead atoms. The third-order valence-corrected chi connectivity index (χ3v) is 4.26. The molecule has 0 amide bonds. The minimum atomic E-state index is -1.16. The number of allylic oxidation sites excluding steroid dienone is 2. The summed E-state index contributed by atoms with van der Waals surface area (Å²) in [7, 11) is 0. The Morgan fingerprint density at radius 3 is 2.48 bits per heavy atom. The molecule has 0 spiro atoms. The van der Waals surface area contributed by atoms with E-state index in [1.807, 2.05) is 19.9 Å². The van der Waals surface area contributed by atoms with Gasteiger partial charge >= 0.3 is 5.97 Å². The van der Waals surface area contributed by atoms with E-state index >= 15 is 0 Å². The predicted octanol–water partition coefficient (Wildman–Crippen LogP) is 2.98. The van der Waals surface area contributed by atoms with Gasteiger partial charge in [-0.25, -0.2) is 4.79 Å². The second-order valence-corrected chi connectivity index (χ2v) is 6.89. The van der Waals surface area contributed by atoms with Crippen molar-refractivity contribution in [1.29, 1.82) is 0 Å². The number of rotatable bonds is 4. The van der Waals surface area contributed by atoms with Crippen LogP contribution in [-0.4, -0.2) is 33.0 Å². The smallest absolute Gasteiger partial charge is 0.339 e. The predicted molar refractivity (Wildman–Crippen MR) is 87.4 cm³/mol. The van der Waals surface area contributed by atoms with Gasteiger partial charge in [0.2, 0.25) is 0 Å². The molecule has 1 aliphatic rings. The highest BCUT2D eigenvalue weighted by Gasteiger charge is 2.39. The topological polar surface area (TPSA) is 87.0 Å². The van der Waals surface area contributed by atoms with Gasteiger partial charge in [-0.2, -0.15) is 0 Å². The van der Waals surface area contributed by atoms with E-state index in [0.717, 1.165) is 11.1 Å². The SMILES string of the molecule is CC(C)=CCc1c(O)c(C(=O)O)c(C)c2c1OC(C(C)(C)O)C2. The Kier molecular flexibility index (Phi) is 4.44. The molecule has 3 N–H and O–H groups in total. The van der Waals surface area contributed by atoms with Crippen LogP contribution >= 0.6 is 0 Å². The highest BCUT2D eigenvalue weighted by molar-refractivity contribution is 5.94. The van der Waals surface area contributed by atoms with Gasteiger partial charge in [0, 0.05) is 17.5 Å². The molecule has 5 nitrogen and oxygen atoms in total. The van der Waals surface area contributed by atoms with Crippen molar-refractivity contribution in [3.8, 4) is 11.5 Å². The van der Waals surface area contributed by atoms with Gasteiger partial charge in [0.15, 0.2) is 0 Å². The number of phenols is 1. The molecule has 1 atom stereocenters. The van der Waals surface area contributed by atoms with Crippen LogP contribution in [0.1, 0.15) is 54.7 Å². The fraction of sp³-hybridized carbons (Fsp3) is 0.500. The number of carbonyl (C=O) groups is 1. The molecule has 5 heteroatoms. The Morgan fingerprint density at radius 1 is 1.39 bits per heavy atom. The Balaban J connectivity index is 2.64. The molecule has 1 unspecified atom stereocenters. The number of aromatic carboxylic acids is 1. The van der Waals surface area contributed by atoms with Gasteiger partial charge in [-0.1, -0.05) is 11.6 Å². The number of hydrogen-bond acceptors (Lipinski definition) is 4.